The number of carboxylic acid groups (broad SMARTS) is 1. The van der Waals surface area contributed by atoms with Crippen molar-refractivity contribution in [3.8, 4) is 0 Å². The number of hydrogen-bond acceptors (Lipinski definition) is 10. The van der Waals surface area contributed by atoms with Crippen LogP contribution in [0.5, 0.6) is 0 Å². The summed E-state index contributed by atoms with van der Waals surface area (Å²) in [5.74, 6) is -6.24. The van der Waals surface area contributed by atoms with E-state index in [1.807, 2.05) is 54.5 Å². The smallest absolute Gasteiger partial charge is 0.326 e. The van der Waals surface area contributed by atoms with Crippen molar-refractivity contribution in [3.05, 3.63) is 60.3 Å². The Balaban J connectivity index is -0.000000975. The molecule has 4 N–H and O–H groups in total. The normalized spacial score (nSPS) is 19.4. The van der Waals surface area contributed by atoms with Crippen molar-refractivity contribution in [2.24, 2.45) is 23.7 Å². The number of carbonyl (C=O) groups is 4. The molecule has 13 heteroatoms. The molecule has 0 spiro atoms. The highest BCUT2D eigenvalue weighted by atomic mass is 35.5. The minimum absolute atomic E-state index is 0.00341. The Kier molecular flexibility index (Phi) is 47.0. The molecule has 8 atom stereocenters. The number of carbonyl (C=O) groups excluding carboxylic acids is 3. The number of hydrogen-bond donors (Lipinski definition) is 4. The maximum Gasteiger partial charge on any atom is 0.326 e. The molecule has 70 heavy (non-hydrogen) atoms. The Hall–Kier alpha value is -2.97. The quantitative estimate of drug-likeness (QED) is 0.0296. The van der Waals surface area contributed by atoms with Crippen LogP contribution in [0.1, 0.15) is 185 Å². The third kappa shape index (κ3) is 34.4. The van der Waals surface area contributed by atoms with E-state index in [4.69, 9.17) is 21.1 Å². The lowest BCUT2D eigenvalue weighted by Crippen LogP contribution is -2.57. The first kappa shape index (κ1) is 73.6. The highest BCUT2D eigenvalue weighted by molar-refractivity contribution is 6.39. The minimum Gasteiger partial charge on any atom is -0.480 e. The lowest BCUT2D eigenvalue weighted by molar-refractivity contribution is -0.208. The fourth-order valence-corrected chi connectivity index (χ4v) is 8.63. The molecule has 0 aromatic carbocycles. The lowest BCUT2D eigenvalue weighted by atomic mass is 9.84. The van der Waals surface area contributed by atoms with E-state index < -0.39 is 41.5 Å². The number of aliphatic hydroxyl groups is 3. The van der Waals surface area contributed by atoms with Gasteiger partial charge in [0, 0.05) is 59.6 Å². The molecule has 0 aromatic rings. The van der Waals surface area contributed by atoms with Crippen LogP contribution in [-0.4, -0.2) is 120 Å². The summed E-state index contributed by atoms with van der Waals surface area (Å²) < 4.78 is 15.4. The topological polar surface area (TPSA) is 180 Å². The molecule has 0 radical (unpaired) electrons. The van der Waals surface area contributed by atoms with Gasteiger partial charge in [-0.2, -0.15) is 0 Å². The highest BCUT2D eigenvalue weighted by Gasteiger charge is 2.47. The van der Waals surface area contributed by atoms with Gasteiger partial charge >= 0.3 is 5.97 Å². The Labute approximate surface area is 432 Å². The van der Waals surface area contributed by atoms with E-state index in [-0.39, 0.29) is 43.6 Å². The number of piperidine rings is 1. The Morgan fingerprint density at radius 3 is 1.96 bits per heavy atom. The molecular formula is C57H104ClNO11. The maximum atomic E-state index is 12.9. The van der Waals surface area contributed by atoms with Gasteiger partial charge in [-0.05, 0) is 123 Å². The molecule has 2 fully saturated rings. The van der Waals surface area contributed by atoms with Crippen molar-refractivity contribution in [2.75, 3.05) is 40.9 Å². The van der Waals surface area contributed by atoms with Gasteiger partial charge in [0.15, 0.2) is 0 Å². The fraction of sp³-hybridized carbons (Fsp3) is 0.754. The van der Waals surface area contributed by atoms with E-state index in [0.717, 1.165) is 55.4 Å². The van der Waals surface area contributed by atoms with Gasteiger partial charge in [-0.25, -0.2) is 4.79 Å². The number of amides is 1. The summed E-state index contributed by atoms with van der Waals surface area (Å²) in [6.45, 7) is 31.5. The number of aliphatic hydroxyl groups excluding tert-OH is 1. The summed E-state index contributed by atoms with van der Waals surface area (Å²) >= 11 is 5.58. The third-order valence-electron chi connectivity index (χ3n) is 12.2. The molecule has 2 rings (SSSR count). The van der Waals surface area contributed by atoms with Crippen molar-refractivity contribution in [2.45, 2.75) is 215 Å². The van der Waals surface area contributed by atoms with Crippen LogP contribution in [0.4, 0.5) is 0 Å². The van der Waals surface area contributed by atoms with E-state index in [9.17, 15) is 39.6 Å². The second-order valence-electron chi connectivity index (χ2n) is 19.1. The molecule has 410 valence electrons. The second-order valence-corrected chi connectivity index (χ2v) is 19.4. The second kappa shape index (κ2) is 44.7. The number of Topliss-reactive ketones (excluding diaryl/α,β-unsaturated/α-hetero) is 2. The molecule has 1 heterocycles. The van der Waals surface area contributed by atoms with Gasteiger partial charge in [-0.15, -0.1) is 31.3 Å². The summed E-state index contributed by atoms with van der Waals surface area (Å²) in [5, 5.41) is 41.6. The first-order valence-corrected chi connectivity index (χ1v) is 26.4. The number of aliphatic carboxylic acids is 1. The zero-order valence-electron chi connectivity index (χ0n) is 46.9. The zero-order chi connectivity index (χ0) is 55.0. The predicted molar refractivity (Wildman–Crippen MR) is 291 cm³/mol. The molecule has 0 bridgehead atoms. The average Bonchev–Trinajstić information content (AvgIpc) is 3.33. The van der Waals surface area contributed by atoms with E-state index in [1.54, 1.807) is 21.3 Å². The standard InChI is InChI=1S/C40H67NO10.C7H13Cl.C4H8.C2H6O.C2H6.C2H4/c1-26(20-27(2)17-18-32(42)25-36(43)29(4)21-28(3)22-31-13-11-15-34(24-31)51-7)12-10-14-33(50-6)23-30(5)40(48,49)37(44)38(45)41-19-9-8-16-35(41)39(46)47;1-3-5-7(4-2)6-8;1-4(2)3;1-3-2;2*1-2/h17,22,26,29-31,33-36,43,48-49H,8-16,18-21,23-25H2,1-7H3,(H,46,47);4H,3,5-6H2,1-2H3;1H2,2-3H3;1-2H3;1-2H3;1-2H2/b27-17+,28-22+;7-4+;;;;/t26?,29-,30?,31-,33?,34?,35-,36?;;;;;/m0...../s1. The summed E-state index contributed by atoms with van der Waals surface area (Å²) in [6, 6.07) is -1.16. The first-order valence-electron chi connectivity index (χ1n) is 25.8. The van der Waals surface area contributed by atoms with Crippen molar-refractivity contribution in [1.82, 2.24) is 4.90 Å². The number of rotatable bonds is 25. The van der Waals surface area contributed by atoms with Gasteiger partial charge < -0.3 is 39.5 Å². The molecule has 2 aliphatic rings. The van der Waals surface area contributed by atoms with E-state index in [1.165, 1.54) is 50.0 Å². The molecular weight excluding hydrogens is 910 g/mol. The molecule has 1 amide bonds. The molecule has 12 nitrogen and oxygen atoms in total. The maximum absolute atomic E-state index is 12.9. The number of ether oxygens (including phenoxy) is 3. The number of allylic oxidation sites excluding steroid dienone is 7. The molecule has 0 aromatic heterocycles. The van der Waals surface area contributed by atoms with Crippen molar-refractivity contribution in [1.29, 1.82) is 0 Å². The number of ketones is 2. The summed E-state index contributed by atoms with van der Waals surface area (Å²) in [7, 11) is 6.55. The van der Waals surface area contributed by atoms with Crippen molar-refractivity contribution >= 4 is 35.0 Å². The highest BCUT2D eigenvalue weighted by Crippen LogP contribution is 2.30. The van der Waals surface area contributed by atoms with Crippen LogP contribution in [0.2, 0.25) is 0 Å². The molecule has 1 saturated heterocycles. The molecule has 5 unspecified atom stereocenters. The monoisotopic (exact) mass is 1010 g/mol. The number of likely N-dealkylation sites (tertiary alicyclic amines) is 1. The number of methoxy groups -OCH3 is 3. The van der Waals surface area contributed by atoms with Gasteiger partial charge in [-0.1, -0.05) is 108 Å². The van der Waals surface area contributed by atoms with Gasteiger partial charge in [0.2, 0.25) is 5.79 Å². The Morgan fingerprint density at radius 1 is 0.886 bits per heavy atom. The van der Waals surface area contributed by atoms with Crippen LogP contribution in [0.15, 0.2) is 60.3 Å². The molecule has 1 aliphatic heterocycles. The van der Waals surface area contributed by atoms with Crippen molar-refractivity contribution < 1.29 is 53.8 Å². The van der Waals surface area contributed by atoms with Crippen LogP contribution < -0.4 is 0 Å². The summed E-state index contributed by atoms with van der Waals surface area (Å²) in [6.07, 6.45) is 18.3. The lowest BCUT2D eigenvalue weighted by Gasteiger charge is -2.35. The molecule has 1 saturated carbocycles. The largest absolute Gasteiger partial charge is 0.480 e. The number of halogens is 1. The average molecular weight is 1010 g/mol. The van der Waals surface area contributed by atoms with Crippen LogP contribution in [0.25, 0.3) is 0 Å². The van der Waals surface area contributed by atoms with Crippen LogP contribution in [0.3, 0.4) is 0 Å². The molecule has 1 aliphatic carbocycles. The van der Waals surface area contributed by atoms with Gasteiger partial charge in [0.05, 0.1) is 18.3 Å². The number of alkyl halides is 1. The SMILES string of the molecule is C/C=C(/CCl)CCC.C=C.C=C(C)C.CC.COC.COC(CCCC(C)C/C(C)=C/CC(=O)CC(O)[C@@H](C)C/C(C)=C/[C@@H]1CCCC(OC)C1)CC(C)C(O)(O)C(=O)C(=O)N1CCCC[C@H]1C(=O)O. The van der Waals surface area contributed by atoms with Gasteiger partial charge in [0.1, 0.15) is 11.8 Å². The van der Waals surface area contributed by atoms with Crippen molar-refractivity contribution in [3.63, 3.8) is 0 Å². The van der Waals surface area contributed by atoms with E-state index in [0.29, 0.717) is 49.5 Å². The van der Waals surface area contributed by atoms with Gasteiger partial charge in [0.25, 0.3) is 11.7 Å². The number of carboxylic acids is 1. The van der Waals surface area contributed by atoms with Crippen LogP contribution >= 0.6 is 11.6 Å². The Bertz CT molecular complexity index is 1500. The first-order chi connectivity index (χ1) is 33.0. The fourth-order valence-electron chi connectivity index (χ4n) is 8.34. The Morgan fingerprint density at radius 2 is 1.47 bits per heavy atom. The van der Waals surface area contributed by atoms with Crippen LogP contribution in [0, 0.1) is 23.7 Å². The van der Waals surface area contributed by atoms with Crippen LogP contribution in [-0.2, 0) is 33.4 Å². The number of nitrogens with zero attached hydrogens (tertiary/aromatic N) is 1. The van der Waals surface area contributed by atoms with E-state index >= 15 is 0 Å². The summed E-state index contributed by atoms with van der Waals surface area (Å²) in [5.41, 5.74) is 4.89. The third-order valence-corrected chi connectivity index (χ3v) is 12.5. The summed E-state index contributed by atoms with van der Waals surface area (Å²) in [4.78, 5) is 51.0. The predicted octanol–water partition coefficient (Wildman–Crippen LogP) is 12.4. The van der Waals surface area contributed by atoms with E-state index in [2.05, 4.69) is 57.4 Å². The minimum atomic E-state index is -2.95. The van der Waals surface area contributed by atoms with Gasteiger partial charge in [-0.3, -0.25) is 14.4 Å². The zero-order valence-corrected chi connectivity index (χ0v) is 47.6.